The van der Waals surface area contributed by atoms with Gasteiger partial charge in [-0.15, -0.1) is 0 Å². The number of rotatable bonds is 6. The van der Waals surface area contributed by atoms with E-state index in [-0.39, 0.29) is 35.5 Å². The van der Waals surface area contributed by atoms with Crippen molar-refractivity contribution in [1.29, 1.82) is 0 Å². The van der Waals surface area contributed by atoms with Crippen molar-refractivity contribution >= 4 is 30.2 Å². The SMILES string of the molecule is CC(C)(C)OC(=O)NC[C@H](O)C[C@@H]1NC(=O)[C@@H](NC(=O)OC(C)(C)C)Cc2cc(ccc2O)-c2ccc(O)c(c2)C[C@H](OC(=O)O)NC1=O. The average molecular weight is 689 g/mol. The molecule has 1 aliphatic heterocycles. The first-order chi connectivity index (χ1) is 22.7. The lowest BCUT2D eigenvalue weighted by Gasteiger charge is -2.27. The Kier molecular flexibility index (Phi) is 12.3. The number of alkyl carbamates (subject to hydrolysis) is 2. The van der Waals surface area contributed by atoms with Crippen molar-refractivity contribution in [1.82, 2.24) is 21.3 Å². The Balaban J connectivity index is 2.06. The second-order valence-corrected chi connectivity index (χ2v) is 13.5. The van der Waals surface area contributed by atoms with Gasteiger partial charge in [0.15, 0.2) is 6.23 Å². The molecule has 0 saturated heterocycles. The minimum absolute atomic E-state index is 0.195. The summed E-state index contributed by atoms with van der Waals surface area (Å²) in [6, 6.07) is 5.99. The van der Waals surface area contributed by atoms with Crippen molar-refractivity contribution in [3.8, 4) is 22.6 Å². The molecule has 0 unspecified atom stereocenters. The van der Waals surface area contributed by atoms with Gasteiger partial charge < -0.3 is 55.9 Å². The largest absolute Gasteiger partial charge is 0.508 e. The highest BCUT2D eigenvalue weighted by molar-refractivity contribution is 5.92. The maximum Gasteiger partial charge on any atom is 0.507 e. The van der Waals surface area contributed by atoms with Gasteiger partial charge >= 0.3 is 18.3 Å². The zero-order valence-corrected chi connectivity index (χ0v) is 28.2. The summed E-state index contributed by atoms with van der Waals surface area (Å²) in [6.45, 7) is 9.38. The molecule has 49 heavy (non-hydrogen) atoms. The maximum absolute atomic E-state index is 13.8. The van der Waals surface area contributed by atoms with Gasteiger partial charge in [0.1, 0.15) is 34.8 Å². The molecule has 0 spiro atoms. The number of aliphatic hydroxyl groups is 1. The highest BCUT2D eigenvalue weighted by Crippen LogP contribution is 2.31. The van der Waals surface area contributed by atoms with Crippen LogP contribution in [0.5, 0.6) is 11.5 Å². The van der Waals surface area contributed by atoms with Gasteiger partial charge in [-0.3, -0.25) is 9.59 Å². The number of carboxylic acid groups (broad SMARTS) is 1. The first-order valence-corrected chi connectivity index (χ1v) is 15.5. The number of hydrogen-bond donors (Lipinski definition) is 8. The molecule has 0 aliphatic carbocycles. The number of phenols is 2. The highest BCUT2D eigenvalue weighted by atomic mass is 16.7. The van der Waals surface area contributed by atoms with Gasteiger partial charge in [-0.05, 0) is 82.5 Å². The number of phenolic OH excluding ortho intramolecular Hbond substituents is 2. The second-order valence-electron chi connectivity index (χ2n) is 13.5. The van der Waals surface area contributed by atoms with E-state index in [9.17, 15) is 44.4 Å². The van der Waals surface area contributed by atoms with Gasteiger partial charge in [0.25, 0.3) is 0 Å². The summed E-state index contributed by atoms with van der Waals surface area (Å²) in [4.78, 5) is 64.0. The third-order valence-electron chi connectivity index (χ3n) is 6.90. The Morgan fingerprint density at radius 2 is 1.37 bits per heavy atom. The van der Waals surface area contributed by atoms with Crippen LogP contribution in [-0.4, -0.2) is 92.7 Å². The standard InChI is InChI=1S/C33H44N4O12/c1-32(2,3)48-29(43)34-16-21(38)15-23-28(42)37-26(47-31(45)46)14-20-12-18(8-10-25(20)40)17-7-9-24(39)19(11-17)13-22(27(41)35-23)36-30(44)49-33(4,5)6/h7-12,21-23,26,38-40H,13-16H2,1-6H3,(H,34,43)(H,35,41)(H,36,44)(H,37,42)(H,45,46)/t21-,22+,23+,26+/m1/s1. The number of carbonyl (C=O) groups excluding carboxylic acids is 4. The predicted molar refractivity (Wildman–Crippen MR) is 174 cm³/mol. The second kappa shape index (κ2) is 15.8. The molecule has 16 heteroatoms. The zero-order chi connectivity index (χ0) is 36.7. The average Bonchev–Trinajstić information content (AvgIpc) is 2.95. The van der Waals surface area contributed by atoms with Crippen molar-refractivity contribution in [2.75, 3.05) is 6.54 Å². The molecule has 2 aromatic rings. The number of aromatic hydroxyl groups is 2. The summed E-state index contributed by atoms with van der Waals surface area (Å²) in [5.74, 6) is -2.35. The van der Waals surface area contributed by atoms with Crippen LogP contribution in [0.1, 0.15) is 59.1 Å². The molecule has 0 radical (unpaired) electrons. The topological polar surface area (TPSA) is 242 Å². The van der Waals surface area contributed by atoms with Crippen LogP contribution < -0.4 is 21.3 Å². The van der Waals surface area contributed by atoms with E-state index >= 15 is 0 Å². The molecule has 268 valence electrons. The number of hydrogen-bond acceptors (Lipinski definition) is 11. The van der Waals surface area contributed by atoms with Gasteiger partial charge in [0.2, 0.25) is 11.8 Å². The number of benzene rings is 2. The van der Waals surface area contributed by atoms with Crippen LogP contribution in [0, 0.1) is 0 Å². The van der Waals surface area contributed by atoms with E-state index in [0.717, 1.165) is 0 Å². The quantitative estimate of drug-likeness (QED) is 0.161. The number of nitrogens with one attached hydrogen (secondary N) is 4. The van der Waals surface area contributed by atoms with E-state index in [1.165, 1.54) is 12.1 Å². The monoisotopic (exact) mass is 688 g/mol. The molecular formula is C33H44N4O12. The van der Waals surface area contributed by atoms with Crippen molar-refractivity contribution in [2.24, 2.45) is 0 Å². The molecule has 4 amide bonds. The van der Waals surface area contributed by atoms with E-state index in [4.69, 9.17) is 14.2 Å². The fraction of sp³-hybridized carbons (Fsp3) is 0.485. The Morgan fingerprint density at radius 1 is 0.837 bits per heavy atom. The van der Waals surface area contributed by atoms with Crippen LogP contribution in [0.2, 0.25) is 0 Å². The molecular weight excluding hydrogens is 644 g/mol. The van der Waals surface area contributed by atoms with Crippen molar-refractivity contribution in [2.45, 2.75) is 96.4 Å². The van der Waals surface area contributed by atoms with E-state index in [0.29, 0.717) is 11.1 Å². The fourth-order valence-electron chi connectivity index (χ4n) is 4.81. The third-order valence-corrected chi connectivity index (χ3v) is 6.90. The van der Waals surface area contributed by atoms with Crippen LogP contribution in [0.15, 0.2) is 36.4 Å². The molecule has 3 rings (SSSR count). The van der Waals surface area contributed by atoms with Gasteiger partial charge in [0, 0.05) is 31.4 Å². The normalized spacial score (nSPS) is 19.1. The first kappa shape index (κ1) is 38.2. The predicted octanol–water partition coefficient (Wildman–Crippen LogP) is 2.65. The molecule has 4 bridgehead atoms. The smallest absolute Gasteiger partial charge is 0.507 e. The van der Waals surface area contributed by atoms with Crippen molar-refractivity contribution in [3.63, 3.8) is 0 Å². The highest BCUT2D eigenvalue weighted by Gasteiger charge is 2.33. The van der Waals surface area contributed by atoms with Crippen LogP contribution in [0.25, 0.3) is 11.1 Å². The van der Waals surface area contributed by atoms with E-state index in [1.54, 1.807) is 65.8 Å². The summed E-state index contributed by atoms with van der Waals surface area (Å²) in [5.41, 5.74) is -0.272. The summed E-state index contributed by atoms with van der Waals surface area (Å²) >= 11 is 0. The minimum Gasteiger partial charge on any atom is -0.508 e. The molecule has 0 fully saturated rings. The Labute approximate surface area is 283 Å². The number of fused-ring (bicyclic) bond motifs is 5. The van der Waals surface area contributed by atoms with Crippen LogP contribution in [0.4, 0.5) is 14.4 Å². The maximum atomic E-state index is 13.8. The summed E-state index contributed by atoms with van der Waals surface area (Å²) in [6.07, 6.45) is -7.70. The minimum atomic E-state index is -1.74. The molecule has 0 saturated carbocycles. The lowest BCUT2D eigenvalue weighted by Crippen LogP contribution is -2.57. The molecule has 1 heterocycles. The Bertz CT molecular complexity index is 1550. The van der Waals surface area contributed by atoms with Gasteiger partial charge in [-0.2, -0.15) is 0 Å². The molecule has 1 aliphatic rings. The molecule has 16 nitrogen and oxygen atoms in total. The fourth-order valence-corrected chi connectivity index (χ4v) is 4.81. The summed E-state index contributed by atoms with van der Waals surface area (Å²) in [7, 11) is 0. The Hall–Kier alpha value is -5.25. The molecule has 4 atom stereocenters. The molecule has 0 aromatic heterocycles. The number of amides is 4. The van der Waals surface area contributed by atoms with Crippen LogP contribution in [0.3, 0.4) is 0 Å². The number of aliphatic hydroxyl groups excluding tert-OH is 1. The third kappa shape index (κ3) is 12.4. The van der Waals surface area contributed by atoms with E-state index in [2.05, 4.69) is 21.3 Å². The summed E-state index contributed by atoms with van der Waals surface area (Å²) in [5, 5.41) is 51.2. The van der Waals surface area contributed by atoms with Gasteiger partial charge in [-0.25, -0.2) is 14.4 Å². The van der Waals surface area contributed by atoms with E-state index in [1.807, 2.05) is 0 Å². The lowest BCUT2D eigenvalue weighted by molar-refractivity contribution is -0.132. The van der Waals surface area contributed by atoms with E-state index < -0.39 is 78.7 Å². The first-order valence-electron chi connectivity index (χ1n) is 15.5. The van der Waals surface area contributed by atoms with Crippen molar-refractivity contribution in [3.05, 3.63) is 47.5 Å². The lowest BCUT2D eigenvalue weighted by atomic mass is 9.96. The zero-order valence-electron chi connectivity index (χ0n) is 28.2. The van der Waals surface area contributed by atoms with Gasteiger partial charge in [-0.1, -0.05) is 12.1 Å². The Morgan fingerprint density at radius 3 is 1.90 bits per heavy atom. The van der Waals surface area contributed by atoms with Crippen LogP contribution >= 0.6 is 0 Å². The number of ether oxygens (including phenoxy) is 3. The van der Waals surface area contributed by atoms with Crippen LogP contribution in [-0.2, 0) is 36.6 Å². The molecule has 2 aromatic carbocycles. The van der Waals surface area contributed by atoms with Gasteiger partial charge in [0.05, 0.1) is 6.10 Å². The number of carbonyl (C=O) groups is 5. The molecule has 8 N–H and O–H groups in total. The summed E-state index contributed by atoms with van der Waals surface area (Å²) < 4.78 is 15.4. The van der Waals surface area contributed by atoms with Crippen molar-refractivity contribution < 1.29 is 58.6 Å².